The molecule has 2 aromatic rings. The number of hydrazine groups is 1. The Bertz CT molecular complexity index is 764. The smallest absolute Gasteiger partial charge is 0.279 e. The number of amides is 2. The maximum Gasteiger partial charge on any atom is 0.279 e. The van der Waals surface area contributed by atoms with E-state index in [4.69, 9.17) is 4.74 Å². The Morgan fingerprint density at radius 3 is 2.62 bits per heavy atom. The van der Waals surface area contributed by atoms with E-state index in [-0.39, 0.29) is 12.5 Å². The molecule has 1 unspecified atom stereocenters. The third kappa shape index (κ3) is 4.53. The zero-order valence-electron chi connectivity index (χ0n) is 14.8. The van der Waals surface area contributed by atoms with Gasteiger partial charge in [0.25, 0.3) is 11.8 Å². The Hall–Kier alpha value is -3.02. The van der Waals surface area contributed by atoms with Crippen molar-refractivity contribution in [2.75, 3.05) is 18.0 Å². The van der Waals surface area contributed by atoms with Crippen molar-refractivity contribution < 1.29 is 14.3 Å². The van der Waals surface area contributed by atoms with Crippen molar-refractivity contribution in [3.63, 3.8) is 0 Å². The second-order valence-electron chi connectivity index (χ2n) is 6.26. The van der Waals surface area contributed by atoms with Gasteiger partial charge in [-0.05, 0) is 43.5 Å². The second-order valence-corrected chi connectivity index (χ2v) is 6.26. The molecule has 0 saturated carbocycles. The fourth-order valence-electron chi connectivity index (χ4n) is 2.98. The summed E-state index contributed by atoms with van der Waals surface area (Å²) in [5.41, 5.74) is 7.23. The molecule has 6 heteroatoms. The first-order chi connectivity index (χ1) is 12.6. The third-order valence-corrected chi connectivity index (χ3v) is 4.29. The van der Waals surface area contributed by atoms with Gasteiger partial charge in [0, 0.05) is 12.2 Å². The fourth-order valence-corrected chi connectivity index (χ4v) is 2.98. The maximum atomic E-state index is 12.2. The fraction of sp³-hybridized carbons (Fsp3) is 0.300. The summed E-state index contributed by atoms with van der Waals surface area (Å²) in [7, 11) is 0. The van der Waals surface area contributed by atoms with Crippen molar-refractivity contribution in [3.05, 3.63) is 60.2 Å². The van der Waals surface area contributed by atoms with Gasteiger partial charge >= 0.3 is 0 Å². The summed E-state index contributed by atoms with van der Waals surface area (Å²) in [5, 5.41) is 0. The molecule has 0 aliphatic carbocycles. The zero-order chi connectivity index (χ0) is 18.4. The molecule has 1 atom stereocenters. The number of carbonyl (C=O) groups excluding carboxylic acids is 2. The van der Waals surface area contributed by atoms with Crippen LogP contribution in [-0.2, 0) is 16.0 Å². The highest BCUT2D eigenvalue weighted by molar-refractivity contribution is 5.86. The quantitative estimate of drug-likeness (QED) is 0.807. The lowest BCUT2D eigenvalue weighted by Crippen LogP contribution is -2.50. The van der Waals surface area contributed by atoms with E-state index in [0.717, 1.165) is 25.1 Å². The molecule has 1 aliphatic heterocycles. The molecule has 3 rings (SSSR count). The van der Waals surface area contributed by atoms with Crippen LogP contribution in [0.25, 0.3) is 0 Å². The Labute approximate surface area is 153 Å². The van der Waals surface area contributed by atoms with Gasteiger partial charge in [0.1, 0.15) is 5.75 Å². The predicted octanol–water partition coefficient (Wildman–Crippen LogP) is 2.05. The molecule has 1 heterocycles. The van der Waals surface area contributed by atoms with Gasteiger partial charge in [-0.2, -0.15) is 0 Å². The summed E-state index contributed by atoms with van der Waals surface area (Å²) in [6.07, 6.45) is 1.33. The van der Waals surface area contributed by atoms with E-state index in [9.17, 15) is 9.59 Å². The number of nitrogens with zero attached hydrogens (tertiary/aromatic N) is 1. The molecule has 0 fully saturated rings. The normalized spacial score (nSPS) is 14.1. The zero-order valence-corrected chi connectivity index (χ0v) is 14.8. The summed E-state index contributed by atoms with van der Waals surface area (Å²) in [6, 6.07) is 17.2. The van der Waals surface area contributed by atoms with E-state index >= 15 is 0 Å². The van der Waals surface area contributed by atoms with Crippen molar-refractivity contribution in [1.29, 1.82) is 0 Å². The highest BCUT2D eigenvalue weighted by atomic mass is 16.5. The van der Waals surface area contributed by atoms with E-state index in [1.165, 1.54) is 5.56 Å². The number of hydrogen-bond acceptors (Lipinski definition) is 4. The topological polar surface area (TPSA) is 70.7 Å². The summed E-state index contributed by atoms with van der Waals surface area (Å²) >= 11 is 0. The lowest BCUT2D eigenvalue weighted by molar-refractivity contribution is -0.132. The van der Waals surface area contributed by atoms with Crippen LogP contribution in [0.3, 0.4) is 0 Å². The number of anilines is 1. The number of aryl methyl sites for hydroxylation is 1. The van der Waals surface area contributed by atoms with Crippen LogP contribution in [0.15, 0.2) is 54.6 Å². The van der Waals surface area contributed by atoms with Gasteiger partial charge in [0.15, 0.2) is 6.10 Å². The molecular weight excluding hydrogens is 330 g/mol. The number of rotatable bonds is 5. The Balaban J connectivity index is 1.48. The molecule has 6 nitrogen and oxygen atoms in total. The first kappa shape index (κ1) is 17.8. The number of ether oxygens (including phenoxy) is 1. The van der Waals surface area contributed by atoms with Crippen molar-refractivity contribution >= 4 is 17.5 Å². The summed E-state index contributed by atoms with van der Waals surface area (Å²) in [4.78, 5) is 26.3. The lowest BCUT2D eigenvalue weighted by atomic mass is 10.0. The molecule has 2 N–H and O–H groups in total. The van der Waals surface area contributed by atoms with Gasteiger partial charge < -0.3 is 9.64 Å². The first-order valence-electron chi connectivity index (χ1n) is 8.77. The molecule has 0 radical (unpaired) electrons. The van der Waals surface area contributed by atoms with Crippen molar-refractivity contribution in [2.45, 2.75) is 25.9 Å². The van der Waals surface area contributed by atoms with Crippen LogP contribution in [-0.4, -0.2) is 31.0 Å². The SMILES string of the molecule is CC(Oc1ccccc1)C(=O)NNC(=O)CN1CCCc2ccccc21. The molecule has 136 valence electrons. The highest BCUT2D eigenvalue weighted by Crippen LogP contribution is 2.26. The number of nitrogens with one attached hydrogen (secondary N) is 2. The van der Waals surface area contributed by atoms with Gasteiger partial charge in [-0.25, -0.2) is 0 Å². The molecule has 0 aromatic heterocycles. The molecule has 2 aromatic carbocycles. The van der Waals surface area contributed by atoms with Crippen LogP contribution in [0.2, 0.25) is 0 Å². The molecule has 0 bridgehead atoms. The largest absolute Gasteiger partial charge is 0.481 e. The van der Waals surface area contributed by atoms with Gasteiger partial charge in [0.05, 0.1) is 6.54 Å². The monoisotopic (exact) mass is 353 g/mol. The van der Waals surface area contributed by atoms with Crippen LogP contribution < -0.4 is 20.5 Å². The Morgan fingerprint density at radius 1 is 1.08 bits per heavy atom. The highest BCUT2D eigenvalue weighted by Gasteiger charge is 2.20. The molecule has 2 amide bonds. The second kappa shape index (κ2) is 8.38. The molecular formula is C20H23N3O3. The van der Waals surface area contributed by atoms with E-state index in [1.54, 1.807) is 19.1 Å². The minimum atomic E-state index is -0.714. The van der Waals surface area contributed by atoms with Gasteiger partial charge in [-0.3, -0.25) is 20.4 Å². The minimum absolute atomic E-state index is 0.200. The van der Waals surface area contributed by atoms with Gasteiger partial charge in [-0.1, -0.05) is 36.4 Å². The summed E-state index contributed by atoms with van der Waals surface area (Å²) < 4.78 is 5.53. The minimum Gasteiger partial charge on any atom is -0.481 e. The lowest BCUT2D eigenvalue weighted by Gasteiger charge is -2.30. The van der Waals surface area contributed by atoms with Crippen LogP contribution >= 0.6 is 0 Å². The van der Waals surface area contributed by atoms with Crippen molar-refractivity contribution in [1.82, 2.24) is 10.9 Å². The predicted molar refractivity (Wildman–Crippen MR) is 99.8 cm³/mol. The number of hydrogen-bond donors (Lipinski definition) is 2. The average Bonchev–Trinajstić information content (AvgIpc) is 2.67. The van der Waals surface area contributed by atoms with Crippen LogP contribution in [0.4, 0.5) is 5.69 Å². The molecule has 0 saturated heterocycles. The van der Waals surface area contributed by atoms with Crippen LogP contribution in [0, 0.1) is 0 Å². The molecule has 1 aliphatic rings. The average molecular weight is 353 g/mol. The Morgan fingerprint density at radius 2 is 1.81 bits per heavy atom. The number of carbonyl (C=O) groups is 2. The van der Waals surface area contributed by atoms with E-state index in [2.05, 4.69) is 16.9 Å². The standard InChI is InChI=1S/C20H23N3O3/c1-15(26-17-10-3-2-4-11-17)20(25)22-21-19(24)14-23-13-7-9-16-8-5-6-12-18(16)23/h2-6,8,10-12,15H,7,9,13-14H2,1H3,(H,21,24)(H,22,25). The van der Waals surface area contributed by atoms with Crippen molar-refractivity contribution in [2.24, 2.45) is 0 Å². The van der Waals surface area contributed by atoms with Crippen LogP contribution in [0.5, 0.6) is 5.75 Å². The van der Waals surface area contributed by atoms with Gasteiger partial charge in [0.2, 0.25) is 0 Å². The van der Waals surface area contributed by atoms with Crippen molar-refractivity contribution in [3.8, 4) is 5.75 Å². The number of fused-ring (bicyclic) bond motifs is 1. The number of para-hydroxylation sites is 2. The summed E-state index contributed by atoms with van der Waals surface area (Å²) in [6.45, 7) is 2.66. The molecule has 0 spiro atoms. The van der Waals surface area contributed by atoms with E-state index in [0.29, 0.717) is 5.75 Å². The first-order valence-corrected chi connectivity index (χ1v) is 8.77. The third-order valence-electron chi connectivity index (χ3n) is 4.29. The number of benzene rings is 2. The van der Waals surface area contributed by atoms with E-state index in [1.807, 2.05) is 41.3 Å². The van der Waals surface area contributed by atoms with Crippen LogP contribution in [0.1, 0.15) is 18.9 Å². The van der Waals surface area contributed by atoms with Gasteiger partial charge in [-0.15, -0.1) is 0 Å². The molecule has 26 heavy (non-hydrogen) atoms. The summed E-state index contributed by atoms with van der Waals surface area (Å²) in [5.74, 6) is -0.0605. The Kier molecular flexibility index (Phi) is 5.73. The maximum absolute atomic E-state index is 12.2. The van der Waals surface area contributed by atoms with E-state index < -0.39 is 12.0 Å².